The van der Waals surface area contributed by atoms with Gasteiger partial charge in [0.2, 0.25) is 5.91 Å². The molecule has 0 aromatic rings. The minimum Gasteiger partial charge on any atom is -0.383 e. The van der Waals surface area contributed by atoms with Crippen molar-refractivity contribution in [3.05, 3.63) is 0 Å². The largest absolute Gasteiger partial charge is 0.383 e. The van der Waals surface area contributed by atoms with Crippen molar-refractivity contribution in [3.8, 4) is 0 Å². The predicted octanol–water partition coefficient (Wildman–Crippen LogP) is 0.361. The standard InChI is InChI=1S/C16H30N4O3/c1-14(21)19-6-3-7-20(11-10-19)16(22)17-15-4-8-18(9-5-15)12-13-23-2/h15H,3-13H2,1-2H3,(H,17,22). The predicted molar refractivity (Wildman–Crippen MR) is 88.3 cm³/mol. The van der Waals surface area contributed by atoms with Gasteiger partial charge in [-0.15, -0.1) is 0 Å². The molecule has 3 amide bonds. The van der Waals surface area contributed by atoms with Crippen molar-refractivity contribution in [2.45, 2.75) is 32.2 Å². The molecule has 0 bridgehead atoms. The molecule has 0 aromatic carbocycles. The summed E-state index contributed by atoms with van der Waals surface area (Å²) in [5, 5.41) is 3.16. The van der Waals surface area contributed by atoms with E-state index in [0.717, 1.165) is 58.6 Å². The number of nitrogens with one attached hydrogen (secondary N) is 1. The van der Waals surface area contributed by atoms with Crippen molar-refractivity contribution in [1.82, 2.24) is 20.0 Å². The highest BCUT2D eigenvalue weighted by atomic mass is 16.5. The van der Waals surface area contributed by atoms with Gasteiger partial charge in [-0.3, -0.25) is 4.79 Å². The van der Waals surface area contributed by atoms with E-state index in [1.807, 2.05) is 9.80 Å². The Hall–Kier alpha value is -1.34. The number of carbonyl (C=O) groups excluding carboxylic acids is 2. The molecule has 0 aliphatic carbocycles. The maximum Gasteiger partial charge on any atom is 0.317 e. The maximum atomic E-state index is 12.4. The van der Waals surface area contributed by atoms with Crippen LogP contribution in [0.2, 0.25) is 0 Å². The van der Waals surface area contributed by atoms with Gasteiger partial charge in [0.05, 0.1) is 6.61 Å². The van der Waals surface area contributed by atoms with E-state index in [1.54, 1.807) is 14.0 Å². The van der Waals surface area contributed by atoms with Crippen molar-refractivity contribution in [2.75, 3.05) is 59.5 Å². The van der Waals surface area contributed by atoms with Crippen molar-refractivity contribution in [3.63, 3.8) is 0 Å². The number of ether oxygens (including phenoxy) is 1. The van der Waals surface area contributed by atoms with E-state index < -0.39 is 0 Å². The first-order valence-corrected chi connectivity index (χ1v) is 8.62. The van der Waals surface area contributed by atoms with E-state index in [0.29, 0.717) is 13.1 Å². The molecule has 2 saturated heterocycles. The first kappa shape index (κ1) is 18.0. The van der Waals surface area contributed by atoms with Crippen LogP contribution >= 0.6 is 0 Å². The van der Waals surface area contributed by atoms with Crippen LogP contribution < -0.4 is 5.32 Å². The summed E-state index contributed by atoms with van der Waals surface area (Å²) in [5.74, 6) is 0.0932. The SMILES string of the molecule is COCCN1CCC(NC(=O)N2CCCN(C(C)=O)CC2)CC1. The smallest absolute Gasteiger partial charge is 0.317 e. The summed E-state index contributed by atoms with van der Waals surface area (Å²) in [7, 11) is 1.72. The lowest BCUT2D eigenvalue weighted by Gasteiger charge is -2.33. The highest BCUT2D eigenvalue weighted by molar-refractivity contribution is 5.75. The lowest BCUT2D eigenvalue weighted by Crippen LogP contribution is -2.50. The second-order valence-corrected chi connectivity index (χ2v) is 6.40. The Balaban J connectivity index is 1.71. The number of rotatable bonds is 4. The topological polar surface area (TPSA) is 65.1 Å². The molecule has 1 N–H and O–H groups in total. The molecule has 2 fully saturated rings. The number of hydrogen-bond donors (Lipinski definition) is 1. The molecule has 0 saturated carbocycles. The van der Waals surface area contributed by atoms with Gasteiger partial charge < -0.3 is 24.8 Å². The van der Waals surface area contributed by atoms with Crippen LogP contribution in [0.15, 0.2) is 0 Å². The molecule has 2 aliphatic rings. The second kappa shape index (κ2) is 9.08. The zero-order valence-electron chi connectivity index (χ0n) is 14.4. The molecule has 7 heteroatoms. The van der Waals surface area contributed by atoms with Gasteiger partial charge in [0, 0.05) is 65.9 Å². The quantitative estimate of drug-likeness (QED) is 0.810. The van der Waals surface area contributed by atoms with Crippen molar-refractivity contribution in [1.29, 1.82) is 0 Å². The molecule has 0 atom stereocenters. The molecule has 132 valence electrons. The average molecular weight is 326 g/mol. The normalized spacial score (nSPS) is 21.1. The summed E-state index contributed by atoms with van der Waals surface area (Å²) in [6.07, 6.45) is 2.83. The number of hydrogen-bond acceptors (Lipinski definition) is 4. The van der Waals surface area contributed by atoms with E-state index in [1.165, 1.54) is 0 Å². The van der Waals surface area contributed by atoms with E-state index in [-0.39, 0.29) is 18.0 Å². The third-order valence-electron chi connectivity index (χ3n) is 4.76. The molecule has 2 heterocycles. The van der Waals surface area contributed by atoms with Gasteiger partial charge in [0.25, 0.3) is 0 Å². The van der Waals surface area contributed by atoms with E-state index in [9.17, 15) is 9.59 Å². The maximum absolute atomic E-state index is 12.4. The minimum atomic E-state index is 0.0192. The second-order valence-electron chi connectivity index (χ2n) is 6.40. The Morgan fingerprint density at radius 2 is 1.70 bits per heavy atom. The Bertz CT molecular complexity index is 397. The van der Waals surface area contributed by atoms with E-state index in [2.05, 4.69) is 10.2 Å². The summed E-state index contributed by atoms with van der Waals surface area (Å²) in [5.41, 5.74) is 0. The van der Waals surface area contributed by atoms with Crippen molar-refractivity contribution in [2.24, 2.45) is 0 Å². The Labute approximate surface area is 138 Å². The molecular weight excluding hydrogens is 296 g/mol. The monoisotopic (exact) mass is 326 g/mol. The van der Waals surface area contributed by atoms with Crippen LogP contribution in [0.3, 0.4) is 0 Å². The van der Waals surface area contributed by atoms with Gasteiger partial charge in [-0.1, -0.05) is 0 Å². The van der Waals surface area contributed by atoms with Crippen LogP contribution in [-0.2, 0) is 9.53 Å². The van der Waals surface area contributed by atoms with E-state index >= 15 is 0 Å². The highest BCUT2D eigenvalue weighted by Crippen LogP contribution is 2.11. The van der Waals surface area contributed by atoms with Crippen LogP contribution in [0.5, 0.6) is 0 Å². The average Bonchev–Trinajstić information content (AvgIpc) is 2.80. The van der Waals surface area contributed by atoms with Gasteiger partial charge in [0.1, 0.15) is 0 Å². The molecule has 0 spiro atoms. The lowest BCUT2D eigenvalue weighted by atomic mass is 10.1. The Morgan fingerprint density at radius 3 is 2.35 bits per heavy atom. The zero-order valence-corrected chi connectivity index (χ0v) is 14.4. The summed E-state index contributed by atoms with van der Waals surface area (Å²) >= 11 is 0. The summed E-state index contributed by atoms with van der Waals surface area (Å²) in [6.45, 7) is 8.06. The molecule has 2 rings (SSSR count). The summed E-state index contributed by atoms with van der Waals surface area (Å²) < 4.78 is 5.11. The molecule has 0 radical (unpaired) electrons. The van der Waals surface area contributed by atoms with Crippen molar-refractivity contribution >= 4 is 11.9 Å². The first-order chi connectivity index (χ1) is 11.1. The first-order valence-electron chi connectivity index (χ1n) is 8.62. The van der Waals surface area contributed by atoms with Gasteiger partial charge >= 0.3 is 6.03 Å². The fraction of sp³-hybridized carbons (Fsp3) is 0.875. The van der Waals surface area contributed by atoms with Crippen LogP contribution in [0.1, 0.15) is 26.2 Å². The molecule has 23 heavy (non-hydrogen) atoms. The minimum absolute atomic E-state index is 0.0192. The number of piperidine rings is 1. The number of methoxy groups -OCH3 is 1. The number of nitrogens with zero attached hydrogens (tertiary/aromatic N) is 3. The molecule has 0 unspecified atom stereocenters. The fourth-order valence-corrected chi connectivity index (χ4v) is 3.22. The highest BCUT2D eigenvalue weighted by Gasteiger charge is 2.24. The molecule has 2 aliphatic heterocycles. The Morgan fingerprint density at radius 1 is 1.04 bits per heavy atom. The summed E-state index contributed by atoms with van der Waals surface area (Å²) in [4.78, 5) is 29.9. The lowest BCUT2D eigenvalue weighted by molar-refractivity contribution is -0.128. The third kappa shape index (κ3) is 5.66. The number of urea groups is 1. The zero-order chi connectivity index (χ0) is 16.7. The van der Waals surface area contributed by atoms with Gasteiger partial charge in [-0.25, -0.2) is 4.79 Å². The third-order valence-corrected chi connectivity index (χ3v) is 4.76. The number of amides is 3. The van der Waals surface area contributed by atoms with Gasteiger partial charge in [0.15, 0.2) is 0 Å². The number of carbonyl (C=O) groups is 2. The van der Waals surface area contributed by atoms with Crippen molar-refractivity contribution < 1.29 is 14.3 Å². The summed E-state index contributed by atoms with van der Waals surface area (Å²) in [6, 6.07) is 0.277. The molecule has 0 aromatic heterocycles. The van der Waals surface area contributed by atoms with Crippen LogP contribution in [0.4, 0.5) is 4.79 Å². The Kier molecular flexibility index (Phi) is 7.11. The van der Waals surface area contributed by atoms with Crippen LogP contribution in [0, 0.1) is 0 Å². The van der Waals surface area contributed by atoms with Gasteiger partial charge in [-0.2, -0.15) is 0 Å². The van der Waals surface area contributed by atoms with Crippen LogP contribution in [0.25, 0.3) is 0 Å². The molecular formula is C16H30N4O3. The fourth-order valence-electron chi connectivity index (χ4n) is 3.22. The number of likely N-dealkylation sites (tertiary alicyclic amines) is 1. The van der Waals surface area contributed by atoms with Gasteiger partial charge in [-0.05, 0) is 19.3 Å². The van der Waals surface area contributed by atoms with Crippen LogP contribution in [-0.4, -0.2) is 92.2 Å². The molecule has 7 nitrogen and oxygen atoms in total. The van der Waals surface area contributed by atoms with E-state index in [4.69, 9.17) is 4.74 Å².